The van der Waals surface area contributed by atoms with Gasteiger partial charge >= 0.3 is 5.69 Å². The number of benzene rings is 2. The van der Waals surface area contributed by atoms with E-state index in [0.29, 0.717) is 11.0 Å². The highest BCUT2D eigenvalue weighted by atomic mass is 19.1. The summed E-state index contributed by atoms with van der Waals surface area (Å²) in [5.41, 5.74) is 3.90. The first-order valence-corrected chi connectivity index (χ1v) is 6.05. The second-order valence-electron chi connectivity index (χ2n) is 4.65. The molecule has 0 atom stereocenters. The number of H-pyrrole nitrogens is 1. The maximum absolute atomic E-state index is 13.2. The third-order valence-corrected chi connectivity index (χ3v) is 3.46. The van der Waals surface area contributed by atoms with Gasteiger partial charge in [0.15, 0.2) is 0 Å². The highest BCUT2D eigenvalue weighted by Crippen LogP contribution is 2.21. The van der Waals surface area contributed by atoms with Crippen molar-refractivity contribution >= 4 is 11.0 Å². The molecule has 1 N–H and O–H groups in total. The molecule has 3 aromatic rings. The highest BCUT2D eigenvalue weighted by molar-refractivity contribution is 5.77. The first-order chi connectivity index (χ1) is 9.08. The molecule has 0 bridgehead atoms. The van der Waals surface area contributed by atoms with Gasteiger partial charge in [0.1, 0.15) is 5.82 Å². The van der Waals surface area contributed by atoms with Gasteiger partial charge in [-0.3, -0.25) is 4.57 Å². The number of nitrogens with one attached hydrogen (secondary N) is 1. The van der Waals surface area contributed by atoms with Crippen molar-refractivity contribution in [1.82, 2.24) is 9.55 Å². The molecule has 0 fully saturated rings. The average Bonchev–Trinajstić information content (AvgIpc) is 2.68. The molecule has 0 saturated carbocycles. The number of rotatable bonds is 1. The van der Waals surface area contributed by atoms with Crippen LogP contribution in [0.2, 0.25) is 0 Å². The van der Waals surface area contributed by atoms with Crippen LogP contribution in [0.1, 0.15) is 11.1 Å². The van der Waals surface area contributed by atoms with Crippen LogP contribution in [0.25, 0.3) is 16.7 Å². The lowest BCUT2D eigenvalue weighted by Crippen LogP contribution is -2.15. The number of fused-ring (bicyclic) bond motifs is 1. The molecule has 4 heteroatoms. The van der Waals surface area contributed by atoms with Crippen molar-refractivity contribution < 1.29 is 4.39 Å². The molecule has 0 amide bonds. The summed E-state index contributed by atoms with van der Waals surface area (Å²) in [6, 6.07) is 10.1. The minimum absolute atomic E-state index is 0.255. The van der Waals surface area contributed by atoms with E-state index in [2.05, 4.69) is 4.98 Å². The van der Waals surface area contributed by atoms with E-state index in [9.17, 15) is 9.18 Å². The van der Waals surface area contributed by atoms with Gasteiger partial charge in [-0.25, -0.2) is 9.18 Å². The van der Waals surface area contributed by atoms with Gasteiger partial charge in [-0.1, -0.05) is 12.1 Å². The van der Waals surface area contributed by atoms with Crippen molar-refractivity contribution in [3.8, 4) is 5.69 Å². The van der Waals surface area contributed by atoms with Gasteiger partial charge in [-0.05, 0) is 49.2 Å². The Morgan fingerprint density at radius 2 is 1.95 bits per heavy atom. The zero-order valence-corrected chi connectivity index (χ0v) is 10.7. The normalized spacial score (nSPS) is 11.1. The molecule has 3 nitrogen and oxygen atoms in total. The number of nitrogens with zero attached hydrogens (tertiary/aromatic N) is 1. The number of halogens is 1. The highest BCUT2D eigenvalue weighted by Gasteiger charge is 2.11. The zero-order chi connectivity index (χ0) is 13.6. The summed E-state index contributed by atoms with van der Waals surface area (Å²) >= 11 is 0. The Balaban J connectivity index is 2.40. The number of hydrogen-bond acceptors (Lipinski definition) is 1. The summed E-state index contributed by atoms with van der Waals surface area (Å²) in [5, 5.41) is 0. The summed E-state index contributed by atoms with van der Waals surface area (Å²) < 4.78 is 14.8. The van der Waals surface area contributed by atoms with E-state index >= 15 is 0 Å². The number of hydrogen-bond donors (Lipinski definition) is 1. The summed E-state index contributed by atoms with van der Waals surface area (Å²) in [6.45, 7) is 3.97. The Bertz CT molecular complexity index is 830. The third-order valence-electron chi connectivity index (χ3n) is 3.46. The molecule has 0 aliphatic carbocycles. The Kier molecular flexibility index (Phi) is 2.52. The molecule has 96 valence electrons. The molecule has 3 rings (SSSR count). The number of aromatic amines is 1. The van der Waals surface area contributed by atoms with Crippen LogP contribution in [0.3, 0.4) is 0 Å². The smallest absolute Gasteiger partial charge is 0.305 e. The molecule has 0 saturated heterocycles. The van der Waals surface area contributed by atoms with E-state index in [0.717, 1.165) is 16.8 Å². The van der Waals surface area contributed by atoms with E-state index in [1.54, 1.807) is 10.6 Å². The maximum Gasteiger partial charge on any atom is 0.331 e. The van der Waals surface area contributed by atoms with Gasteiger partial charge in [0.2, 0.25) is 0 Å². The minimum Gasteiger partial charge on any atom is -0.305 e. The molecule has 0 aliphatic heterocycles. The second kappa shape index (κ2) is 4.09. The van der Waals surface area contributed by atoms with Gasteiger partial charge in [0, 0.05) is 0 Å². The summed E-state index contributed by atoms with van der Waals surface area (Å²) in [4.78, 5) is 14.8. The molecule has 2 aromatic carbocycles. The van der Waals surface area contributed by atoms with Crippen LogP contribution in [0, 0.1) is 19.7 Å². The van der Waals surface area contributed by atoms with Gasteiger partial charge in [-0.2, -0.15) is 0 Å². The molecule has 0 spiro atoms. The molecule has 0 aliphatic rings. The number of imidazole rings is 1. The molecule has 1 aromatic heterocycles. The predicted octanol–water partition coefficient (Wildman–Crippen LogP) is 3.07. The number of aromatic nitrogens is 2. The van der Waals surface area contributed by atoms with Crippen molar-refractivity contribution in [1.29, 1.82) is 0 Å². The van der Waals surface area contributed by atoms with Crippen LogP contribution in [-0.2, 0) is 0 Å². The third kappa shape index (κ3) is 1.76. The Labute approximate surface area is 109 Å². The van der Waals surface area contributed by atoms with Gasteiger partial charge in [0.05, 0.1) is 16.7 Å². The van der Waals surface area contributed by atoms with Crippen LogP contribution in [0.4, 0.5) is 4.39 Å². The largest absolute Gasteiger partial charge is 0.331 e. The van der Waals surface area contributed by atoms with Gasteiger partial charge in [-0.15, -0.1) is 0 Å². The quantitative estimate of drug-likeness (QED) is 0.714. The molecular weight excluding hydrogens is 243 g/mol. The molecule has 0 unspecified atom stereocenters. The van der Waals surface area contributed by atoms with E-state index < -0.39 is 0 Å². The standard InChI is InChI=1S/C15H13FN2O/c1-9-4-3-5-13(10(9)2)18-14-7-6-11(16)8-12(14)17-15(18)19/h3-8H,1-2H3,(H,17,19). The van der Waals surface area contributed by atoms with E-state index in [1.165, 1.54) is 12.1 Å². The lowest BCUT2D eigenvalue weighted by atomic mass is 10.1. The predicted molar refractivity (Wildman–Crippen MR) is 73.3 cm³/mol. The maximum atomic E-state index is 13.2. The van der Waals surface area contributed by atoms with Gasteiger partial charge < -0.3 is 4.98 Å². The molecule has 19 heavy (non-hydrogen) atoms. The Hall–Kier alpha value is -2.36. The summed E-state index contributed by atoms with van der Waals surface area (Å²) in [6.07, 6.45) is 0. The second-order valence-corrected chi connectivity index (χ2v) is 4.65. The van der Waals surface area contributed by atoms with Crippen LogP contribution in [0.5, 0.6) is 0 Å². The van der Waals surface area contributed by atoms with Crippen molar-refractivity contribution in [2.24, 2.45) is 0 Å². The lowest BCUT2D eigenvalue weighted by Gasteiger charge is -2.09. The fourth-order valence-electron chi connectivity index (χ4n) is 2.30. The van der Waals surface area contributed by atoms with Gasteiger partial charge in [0.25, 0.3) is 0 Å². The Morgan fingerprint density at radius 3 is 2.74 bits per heavy atom. The van der Waals surface area contributed by atoms with E-state index in [-0.39, 0.29) is 11.5 Å². The average molecular weight is 256 g/mol. The van der Waals surface area contributed by atoms with Crippen molar-refractivity contribution in [2.75, 3.05) is 0 Å². The first kappa shape index (κ1) is 11.7. The van der Waals surface area contributed by atoms with E-state index in [4.69, 9.17) is 0 Å². The first-order valence-electron chi connectivity index (χ1n) is 6.05. The van der Waals surface area contributed by atoms with Crippen LogP contribution < -0.4 is 5.69 Å². The van der Waals surface area contributed by atoms with Crippen molar-refractivity contribution in [3.05, 3.63) is 63.8 Å². The zero-order valence-electron chi connectivity index (χ0n) is 10.7. The number of aryl methyl sites for hydroxylation is 1. The fourth-order valence-corrected chi connectivity index (χ4v) is 2.30. The van der Waals surface area contributed by atoms with Crippen molar-refractivity contribution in [2.45, 2.75) is 13.8 Å². The van der Waals surface area contributed by atoms with E-state index in [1.807, 2.05) is 32.0 Å². The fraction of sp³-hybridized carbons (Fsp3) is 0.133. The Morgan fingerprint density at radius 1 is 1.16 bits per heavy atom. The summed E-state index contributed by atoms with van der Waals surface area (Å²) in [7, 11) is 0. The van der Waals surface area contributed by atoms with Crippen LogP contribution in [-0.4, -0.2) is 9.55 Å². The van der Waals surface area contributed by atoms with Crippen molar-refractivity contribution in [3.63, 3.8) is 0 Å². The minimum atomic E-state index is -0.359. The monoisotopic (exact) mass is 256 g/mol. The summed E-state index contributed by atoms with van der Waals surface area (Å²) in [5.74, 6) is -0.359. The molecule has 0 radical (unpaired) electrons. The molecular formula is C15H13FN2O. The molecule has 1 heterocycles. The van der Waals surface area contributed by atoms with Crippen LogP contribution in [0.15, 0.2) is 41.2 Å². The topological polar surface area (TPSA) is 37.8 Å². The SMILES string of the molecule is Cc1cccc(-n2c(=O)[nH]c3cc(F)ccc32)c1C. The van der Waals surface area contributed by atoms with Crippen LogP contribution >= 0.6 is 0 Å². The lowest BCUT2D eigenvalue weighted by molar-refractivity contribution is 0.629.